The molecule has 0 spiro atoms. The molecule has 0 radical (unpaired) electrons. The number of benzene rings is 1. The molecule has 1 aliphatic heterocycles. The summed E-state index contributed by atoms with van der Waals surface area (Å²) in [4.78, 5) is 2.14. The summed E-state index contributed by atoms with van der Waals surface area (Å²) >= 11 is 5.87. The molecule has 1 heterocycles. The van der Waals surface area contributed by atoms with Gasteiger partial charge in [-0.25, -0.2) is 0 Å². The molecule has 0 aliphatic carbocycles. The first-order chi connectivity index (χ1) is 7.72. The van der Waals surface area contributed by atoms with Crippen molar-refractivity contribution in [2.24, 2.45) is 0 Å². The zero-order valence-electron chi connectivity index (χ0n) is 9.36. The second-order valence-corrected chi connectivity index (χ2v) is 4.79. The summed E-state index contributed by atoms with van der Waals surface area (Å²) < 4.78 is 0. The van der Waals surface area contributed by atoms with Crippen molar-refractivity contribution < 1.29 is 0 Å². The number of nitriles is 1. The summed E-state index contributed by atoms with van der Waals surface area (Å²) in [5.41, 5.74) is 1.22. The van der Waals surface area contributed by atoms with E-state index in [1.807, 2.05) is 31.3 Å². The van der Waals surface area contributed by atoms with Crippen LogP contribution >= 0.6 is 11.6 Å². The van der Waals surface area contributed by atoms with Gasteiger partial charge in [-0.1, -0.05) is 23.7 Å². The summed E-state index contributed by atoms with van der Waals surface area (Å²) in [5.74, 6) is 0.320. The Balaban J connectivity index is 2.25. The Morgan fingerprint density at radius 2 is 2.06 bits per heavy atom. The highest BCUT2D eigenvalue weighted by atomic mass is 35.5. The van der Waals surface area contributed by atoms with Gasteiger partial charge in [0, 0.05) is 10.9 Å². The first-order valence-corrected chi connectivity index (χ1v) is 5.95. The average Bonchev–Trinajstić information content (AvgIpc) is 2.30. The smallest absolute Gasteiger partial charge is 0.104 e. The van der Waals surface area contributed by atoms with Crippen LogP contribution in [0.25, 0.3) is 0 Å². The van der Waals surface area contributed by atoms with Crippen molar-refractivity contribution in [2.75, 3.05) is 13.6 Å². The molecule has 1 fully saturated rings. The van der Waals surface area contributed by atoms with Crippen LogP contribution in [0.4, 0.5) is 0 Å². The number of piperidine rings is 1. The third-order valence-corrected chi connectivity index (χ3v) is 3.56. The monoisotopic (exact) mass is 234 g/mol. The van der Waals surface area contributed by atoms with E-state index in [1.54, 1.807) is 0 Å². The summed E-state index contributed by atoms with van der Waals surface area (Å²) in [7, 11) is 2.02. The minimum atomic E-state index is -0.00470. The summed E-state index contributed by atoms with van der Waals surface area (Å²) in [5, 5.41) is 9.98. The van der Waals surface area contributed by atoms with E-state index < -0.39 is 0 Å². The van der Waals surface area contributed by atoms with Crippen molar-refractivity contribution >= 4 is 11.6 Å². The Labute approximate surface area is 101 Å². The maximum Gasteiger partial charge on any atom is 0.104 e. The van der Waals surface area contributed by atoms with E-state index in [2.05, 4.69) is 11.0 Å². The zero-order valence-corrected chi connectivity index (χ0v) is 10.1. The molecule has 0 bridgehead atoms. The third kappa shape index (κ3) is 2.21. The quantitative estimate of drug-likeness (QED) is 0.747. The molecule has 0 N–H and O–H groups in total. The SMILES string of the molecule is CN1CCC[C@H](c2ccc(Cl)cc2)[C@H]1C#N. The maximum absolute atomic E-state index is 9.23. The van der Waals surface area contributed by atoms with Crippen LogP contribution in [0.2, 0.25) is 5.02 Å². The summed E-state index contributed by atoms with van der Waals surface area (Å²) in [6.45, 7) is 1.02. The highest BCUT2D eigenvalue weighted by Crippen LogP contribution is 2.32. The minimum Gasteiger partial charge on any atom is -0.291 e. The molecule has 0 saturated carbocycles. The van der Waals surface area contributed by atoms with Crippen molar-refractivity contribution in [1.82, 2.24) is 4.90 Å². The lowest BCUT2D eigenvalue weighted by molar-refractivity contribution is 0.201. The molecule has 3 heteroatoms. The van der Waals surface area contributed by atoms with Crippen LogP contribution in [0.1, 0.15) is 24.3 Å². The fourth-order valence-corrected chi connectivity index (χ4v) is 2.54. The molecule has 2 atom stereocenters. The molecular weight excluding hydrogens is 220 g/mol. The van der Waals surface area contributed by atoms with Crippen LogP contribution in [-0.2, 0) is 0 Å². The number of rotatable bonds is 1. The van der Waals surface area contributed by atoms with Crippen LogP contribution in [0.15, 0.2) is 24.3 Å². The van der Waals surface area contributed by atoms with Gasteiger partial charge in [0.25, 0.3) is 0 Å². The van der Waals surface area contributed by atoms with Crippen LogP contribution in [0, 0.1) is 11.3 Å². The molecule has 16 heavy (non-hydrogen) atoms. The van der Waals surface area contributed by atoms with Crippen LogP contribution in [0.3, 0.4) is 0 Å². The van der Waals surface area contributed by atoms with Gasteiger partial charge in [-0.05, 0) is 44.1 Å². The van der Waals surface area contributed by atoms with E-state index in [4.69, 9.17) is 11.6 Å². The molecule has 84 valence electrons. The second-order valence-electron chi connectivity index (χ2n) is 4.35. The predicted molar refractivity (Wildman–Crippen MR) is 65.5 cm³/mol. The lowest BCUT2D eigenvalue weighted by atomic mass is 9.84. The highest BCUT2D eigenvalue weighted by Gasteiger charge is 2.29. The number of halogens is 1. The Kier molecular flexibility index (Phi) is 3.48. The Morgan fingerprint density at radius 3 is 2.69 bits per heavy atom. The fourth-order valence-electron chi connectivity index (χ4n) is 2.41. The van der Waals surface area contributed by atoms with E-state index in [-0.39, 0.29) is 6.04 Å². The van der Waals surface area contributed by atoms with Gasteiger partial charge in [-0.3, -0.25) is 4.90 Å². The molecule has 1 aliphatic rings. The second kappa shape index (κ2) is 4.86. The largest absolute Gasteiger partial charge is 0.291 e. The average molecular weight is 235 g/mol. The molecule has 1 saturated heterocycles. The summed E-state index contributed by atoms with van der Waals surface area (Å²) in [6.07, 6.45) is 2.24. The lowest BCUT2D eigenvalue weighted by Crippen LogP contribution is -2.40. The first kappa shape index (κ1) is 11.4. The van der Waals surface area contributed by atoms with Gasteiger partial charge in [0.2, 0.25) is 0 Å². The molecule has 0 aromatic heterocycles. The topological polar surface area (TPSA) is 27.0 Å². The number of nitrogens with zero attached hydrogens (tertiary/aromatic N) is 2. The molecule has 2 rings (SSSR count). The molecule has 0 unspecified atom stereocenters. The van der Waals surface area contributed by atoms with Gasteiger partial charge >= 0.3 is 0 Å². The normalized spacial score (nSPS) is 26.3. The molecule has 1 aromatic carbocycles. The minimum absolute atomic E-state index is 0.00470. The Bertz CT molecular complexity index is 393. The van der Waals surface area contributed by atoms with E-state index in [0.29, 0.717) is 5.92 Å². The predicted octanol–water partition coefficient (Wildman–Crippen LogP) is 3.04. The number of hydrogen-bond acceptors (Lipinski definition) is 2. The van der Waals surface area contributed by atoms with E-state index in [9.17, 15) is 5.26 Å². The standard InChI is InChI=1S/C13H15ClN2/c1-16-8-2-3-12(13(16)9-15)10-4-6-11(14)7-5-10/h4-7,12-13H,2-3,8H2,1H3/t12-,13-/m1/s1. The van der Waals surface area contributed by atoms with Gasteiger partial charge in [-0.15, -0.1) is 0 Å². The lowest BCUT2D eigenvalue weighted by Gasteiger charge is -2.35. The van der Waals surface area contributed by atoms with Crippen molar-refractivity contribution in [1.29, 1.82) is 5.26 Å². The number of hydrogen-bond donors (Lipinski definition) is 0. The van der Waals surface area contributed by atoms with E-state index in [1.165, 1.54) is 5.56 Å². The van der Waals surface area contributed by atoms with Crippen molar-refractivity contribution in [3.05, 3.63) is 34.9 Å². The van der Waals surface area contributed by atoms with Crippen LogP contribution in [-0.4, -0.2) is 24.5 Å². The zero-order chi connectivity index (χ0) is 11.5. The Hall–Kier alpha value is -1.04. The third-order valence-electron chi connectivity index (χ3n) is 3.31. The van der Waals surface area contributed by atoms with Crippen LogP contribution in [0.5, 0.6) is 0 Å². The maximum atomic E-state index is 9.23. The van der Waals surface area contributed by atoms with Crippen molar-refractivity contribution in [3.63, 3.8) is 0 Å². The number of likely N-dealkylation sites (tertiary alicyclic amines) is 1. The number of likely N-dealkylation sites (N-methyl/N-ethyl adjacent to an activating group) is 1. The highest BCUT2D eigenvalue weighted by molar-refractivity contribution is 6.30. The molecule has 0 amide bonds. The molecule has 2 nitrogen and oxygen atoms in total. The molecule has 1 aromatic rings. The van der Waals surface area contributed by atoms with E-state index in [0.717, 1.165) is 24.4 Å². The van der Waals surface area contributed by atoms with Crippen molar-refractivity contribution in [3.8, 4) is 6.07 Å². The molecular formula is C13H15ClN2. The van der Waals surface area contributed by atoms with E-state index >= 15 is 0 Å². The van der Waals surface area contributed by atoms with Crippen LogP contribution < -0.4 is 0 Å². The van der Waals surface area contributed by atoms with Gasteiger partial charge in [0.1, 0.15) is 6.04 Å². The fraction of sp³-hybridized carbons (Fsp3) is 0.462. The van der Waals surface area contributed by atoms with Gasteiger partial charge in [-0.2, -0.15) is 5.26 Å². The Morgan fingerprint density at radius 1 is 1.38 bits per heavy atom. The first-order valence-electron chi connectivity index (χ1n) is 5.57. The van der Waals surface area contributed by atoms with Gasteiger partial charge in [0.05, 0.1) is 6.07 Å². The van der Waals surface area contributed by atoms with Gasteiger partial charge in [0.15, 0.2) is 0 Å². The van der Waals surface area contributed by atoms with Gasteiger partial charge < -0.3 is 0 Å². The van der Waals surface area contributed by atoms with Crippen molar-refractivity contribution in [2.45, 2.75) is 24.8 Å². The summed E-state index contributed by atoms with van der Waals surface area (Å²) in [6, 6.07) is 10.3.